The molecule has 5 rings (SSSR count). The summed E-state index contributed by atoms with van der Waals surface area (Å²) in [5.41, 5.74) is 0.802. The number of rotatable bonds is 5. The Hall–Kier alpha value is -2.67. The van der Waals surface area contributed by atoms with Crippen molar-refractivity contribution < 1.29 is 23.7 Å². The van der Waals surface area contributed by atoms with Crippen LogP contribution in [-0.2, 0) is 4.74 Å². The molecule has 9 nitrogen and oxygen atoms in total. The van der Waals surface area contributed by atoms with Gasteiger partial charge in [-0.25, -0.2) is 23.1 Å². The fourth-order valence-corrected chi connectivity index (χ4v) is 4.88. The van der Waals surface area contributed by atoms with Crippen molar-refractivity contribution in [1.29, 1.82) is 0 Å². The molecular formula is C23H19Cl3F2N6O3. The summed E-state index contributed by atoms with van der Waals surface area (Å²) in [4.78, 5) is 4.51. The summed E-state index contributed by atoms with van der Waals surface area (Å²) in [6.07, 6.45) is -1.30. The maximum absolute atomic E-state index is 14.0. The molecule has 14 heteroatoms. The highest BCUT2D eigenvalue weighted by Crippen LogP contribution is 2.39. The largest absolute Gasteiger partial charge is 0.394 e. The minimum absolute atomic E-state index is 0.121. The Morgan fingerprint density at radius 2 is 1.86 bits per heavy atom. The Balaban J connectivity index is 1.50. The molecule has 2 aromatic carbocycles. The average molecular weight is 572 g/mol. The molecule has 0 radical (unpaired) electrons. The Kier molecular flexibility index (Phi) is 7.18. The zero-order valence-electron chi connectivity index (χ0n) is 19.1. The fourth-order valence-electron chi connectivity index (χ4n) is 4.28. The van der Waals surface area contributed by atoms with E-state index in [9.17, 15) is 19.0 Å². The third kappa shape index (κ3) is 4.95. The van der Waals surface area contributed by atoms with Crippen molar-refractivity contribution >= 4 is 34.8 Å². The summed E-state index contributed by atoms with van der Waals surface area (Å²) in [5, 5.41) is 33.5. The zero-order chi connectivity index (χ0) is 26.4. The van der Waals surface area contributed by atoms with Crippen molar-refractivity contribution in [2.24, 2.45) is 0 Å². The van der Waals surface area contributed by atoms with Gasteiger partial charge in [-0.2, -0.15) is 5.10 Å². The number of aromatic nitrogens is 6. The van der Waals surface area contributed by atoms with E-state index in [1.54, 1.807) is 25.1 Å². The van der Waals surface area contributed by atoms with Crippen LogP contribution in [0.5, 0.6) is 0 Å². The van der Waals surface area contributed by atoms with E-state index in [0.29, 0.717) is 27.4 Å². The smallest absolute Gasteiger partial charge is 0.161 e. The third-order valence-corrected chi connectivity index (χ3v) is 6.94. The monoisotopic (exact) mass is 570 g/mol. The molecule has 3 heterocycles. The van der Waals surface area contributed by atoms with Gasteiger partial charge in [0.05, 0.1) is 29.6 Å². The average Bonchev–Trinajstić information content (AvgIpc) is 3.49. The first-order valence-electron chi connectivity index (χ1n) is 11.1. The van der Waals surface area contributed by atoms with Gasteiger partial charge in [0.15, 0.2) is 5.82 Å². The van der Waals surface area contributed by atoms with E-state index in [1.807, 2.05) is 0 Å². The van der Waals surface area contributed by atoms with Crippen LogP contribution in [0.1, 0.15) is 30.2 Å². The van der Waals surface area contributed by atoms with Gasteiger partial charge in [0, 0.05) is 17.0 Å². The minimum Gasteiger partial charge on any atom is -0.394 e. The summed E-state index contributed by atoms with van der Waals surface area (Å²) in [5.74, 6) is -1.04. The molecule has 4 unspecified atom stereocenters. The summed E-state index contributed by atoms with van der Waals surface area (Å²) >= 11 is 18.0. The van der Waals surface area contributed by atoms with Crippen molar-refractivity contribution in [1.82, 2.24) is 29.8 Å². The number of hydrogen-bond donors (Lipinski definition) is 2. The minimum atomic E-state index is -1.17. The molecule has 0 aliphatic carbocycles. The van der Waals surface area contributed by atoms with Gasteiger partial charge >= 0.3 is 0 Å². The Morgan fingerprint density at radius 3 is 2.54 bits per heavy atom. The van der Waals surface area contributed by atoms with Crippen LogP contribution >= 0.6 is 34.8 Å². The fraction of sp³-hybridized carbons (Fsp3) is 0.304. The Morgan fingerprint density at radius 1 is 1.14 bits per heavy atom. The highest BCUT2D eigenvalue weighted by atomic mass is 35.5. The summed E-state index contributed by atoms with van der Waals surface area (Å²) in [7, 11) is 0. The molecule has 4 atom stereocenters. The van der Waals surface area contributed by atoms with Crippen molar-refractivity contribution in [3.63, 3.8) is 0 Å². The van der Waals surface area contributed by atoms with E-state index in [4.69, 9.17) is 39.5 Å². The van der Waals surface area contributed by atoms with Crippen LogP contribution in [0.4, 0.5) is 8.78 Å². The van der Waals surface area contributed by atoms with Crippen molar-refractivity contribution in [2.75, 3.05) is 6.61 Å². The van der Waals surface area contributed by atoms with Gasteiger partial charge in [-0.05, 0) is 37.3 Å². The molecule has 2 N–H and O–H groups in total. The SMILES string of the molecule is Cc1nc(C2CC(n3cc(-c4cc(F)c(Cl)c(F)c4)nn3)C(O)C(CO)O2)n(-c2ccc(Cl)cc2Cl)n1. The lowest BCUT2D eigenvalue weighted by molar-refractivity contribution is -0.161. The third-order valence-electron chi connectivity index (χ3n) is 6.04. The first-order chi connectivity index (χ1) is 17.7. The molecule has 0 spiro atoms. The van der Waals surface area contributed by atoms with Gasteiger partial charge in [0.25, 0.3) is 0 Å². The number of ether oxygens (including phenoxy) is 1. The summed E-state index contributed by atoms with van der Waals surface area (Å²) in [6, 6.07) is 6.28. The normalized spacial score (nSPS) is 21.9. The van der Waals surface area contributed by atoms with E-state index in [1.165, 1.54) is 15.6 Å². The molecule has 0 amide bonds. The van der Waals surface area contributed by atoms with E-state index in [0.717, 1.165) is 12.1 Å². The second-order valence-corrected chi connectivity index (χ2v) is 9.72. The Bertz CT molecular complexity index is 1440. The van der Waals surface area contributed by atoms with Crippen LogP contribution < -0.4 is 0 Å². The van der Waals surface area contributed by atoms with Gasteiger partial charge in [-0.1, -0.05) is 40.0 Å². The number of halogens is 5. The molecule has 0 saturated carbocycles. The van der Waals surface area contributed by atoms with Gasteiger partial charge in [0.1, 0.15) is 46.5 Å². The molecular weight excluding hydrogens is 553 g/mol. The molecule has 37 heavy (non-hydrogen) atoms. The molecule has 1 fully saturated rings. The van der Waals surface area contributed by atoms with E-state index < -0.39 is 47.6 Å². The predicted octanol–water partition coefficient (Wildman–Crippen LogP) is 4.50. The number of nitrogens with zero attached hydrogens (tertiary/aromatic N) is 6. The standard InChI is InChI=1S/C23H19Cl3F2N6O3/c1-10-29-23(34(31-10)17-3-2-12(24)6-13(17)25)19-7-18(22(36)20(9-35)37-19)33-8-16(30-32-33)11-4-14(27)21(26)15(28)5-11/h2-6,8,18-20,22,35-36H,7,9H2,1H3. The van der Waals surface area contributed by atoms with Crippen molar-refractivity contribution in [3.8, 4) is 16.9 Å². The van der Waals surface area contributed by atoms with Crippen molar-refractivity contribution in [2.45, 2.75) is 37.7 Å². The van der Waals surface area contributed by atoms with Crippen LogP contribution in [0, 0.1) is 18.6 Å². The lowest BCUT2D eigenvalue weighted by atomic mass is 9.95. The number of hydrogen-bond acceptors (Lipinski definition) is 7. The topological polar surface area (TPSA) is 111 Å². The number of benzene rings is 2. The quantitative estimate of drug-likeness (QED) is 0.340. The lowest BCUT2D eigenvalue weighted by Gasteiger charge is -2.38. The first kappa shape index (κ1) is 26.0. The first-order valence-corrected chi connectivity index (χ1v) is 12.2. The molecule has 1 aliphatic heterocycles. The maximum Gasteiger partial charge on any atom is 0.161 e. The summed E-state index contributed by atoms with van der Waals surface area (Å²) in [6.45, 7) is 1.22. The Labute approximate surface area is 224 Å². The van der Waals surface area contributed by atoms with Crippen LogP contribution in [0.2, 0.25) is 15.1 Å². The molecule has 4 aromatic rings. The molecule has 1 aliphatic rings. The second-order valence-electron chi connectivity index (χ2n) is 8.50. The molecule has 0 bridgehead atoms. The van der Waals surface area contributed by atoms with Crippen LogP contribution in [0.3, 0.4) is 0 Å². The van der Waals surface area contributed by atoms with Gasteiger partial charge in [0.2, 0.25) is 0 Å². The molecule has 194 valence electrons. The highest BCUT2D eigenvalue weighted by molar-refractivity contribution is 6.35. The van der Waals surface area contributed by atoms with Gasteiger partial charge in [-0.3, -0.25) is 0 Å². The van der Waals surface area contributed by atoms with Crippen molar-refractivity contribution in [3.05, 3.63) is 74.9 Å². The maximum atomic E-state index is 14.0. The molecule has 2 aromatic heterocycles. The van der Waals surface area contributed by atoms with Crippen LogP contribution in [0.15, 0.2) is 36.5 Å². The van der Waals surface area contributed by atoms with E-state index >= 15 is 0 Å². The lowest BCUT2D eigenvalue weighted by Crippen LogP contribution is -2.45. The number of aryl methyl sites for hydroxylation is 1. The van der Waals surface area contributed by atoms with Gasteiger partial charge < -0.3 is 14.9 Å². The summed E-state index contributed by atoms with van der Waals surface area (Å²) < 4.78 is 36.8. The molecule has 1 saturated heterocycles. The zero-order valence-corrected chi connectivity index (χ0v) is 21.3. The van der Waals surface area contributed by atoms with Crippen LogP contribution in [-0.4, -0.2) is 58.8 Å². The van der Waals surface area contributed by atoms with Gasteiger partial charge in [-0.15, -0.1) is 5.10 Å². The predicted molar refractivity (Wildman–Crippen MR) is 131 cm³/mol. The number of aliphatic hydroxyl groups excluding tert-OH is 2. The van der Waals surface area contributed by atoms with E-state index in [-0.39, 0.29) is 17.7 Å². The highest BCUT2D eigenvalue weighted by Gasteiger charge is 2.41. The number of aliphatic hydroxyl groups is 2. The van der Waals surface area contributed by atoms with E-state index in [2.05, 4.69) is 20.4 Å². The second kappa shape index (κ2) is 10.2. The van der Waals surface area contributed by atoms with Crippen LogP contribution in [0.25, 0.3) is 16.9 Å².